The van der Waals surface area contributed by atoms with E-state index in [-0.39, 0.29) is 59.1 Å². The van der Waals surface area contributed by atoms with E-state index in [2.05, 4.69) is 0 Å². The average molecular weight is 336 g/mol. The van der Waals surface area contributed by atoms with E-state index in [4.69, 9.17) is 0 Å². The Kier molecular flexibility index (Phi) is 10.4. The molecular weight excluding hydrogens is 336 g/mol. The molecule has 0 N–H and O–H groups in total. The smallest absolute Gasteiger partial charge is 1.00 e. The Hall–Kier alpha value is 0.262. The Bertz CT molecular complexity index is 240. The summed E-state index contributed by atoms with van der Waals surface area (Å²) in [7, 11) is 0. The van der Waals surface area contributed by atoms with Gasteiger partial charge in [0.1, 0.15) is 0 Å². The van der Waals surface area contributed by atoms with Gasteiger partial charge in [-0.3, -0.25) is 0 Å². The van der Waals surface area contributed by atoms with Gasteiger partial charge in [-0.15, -0.1) is 0 Å². The van der Waals surface area contributed by atoms with Gasteiger partial charge in [0.15, 0.2) is 0 Å². The van der Waals surface area contributed by atoms with Crippen LogP contribution in [0.2, 0.25) is 0 Å². The van der Waals surface area contributed by atoms with Gasteiger partial charge in [0.25, 0.3) is 0 Å². The van der Waals surface area contributed by atoms with Crippen molar-refractivity contribution in [1.29, 1.82) is 0 Å². The first-order valence-corrected chi connectivity index (χ1v) is 4.81. The first kappa shape index (κ1) is 20.6. The molecule has 12 nitrogen and oxygen atoms in total. The molecule has 15 heavy (non-hydrogen) atoms. The van der Waals surface area contributed by atoms with Gasteiger partial charge in [0.2, 0.25) is 0 Å². The Morgan fingerprint density at radius 1 is 0.600 bits per heavy atom. The van der Waals surface area contributed by atoms with E-state index < -0.39 is 30.7 Å². The minimum absolute atomic E-state index is 0. The summed E-state index contributed by atoms with van der Waals surface area (Å²) in [5.41, 5.74) is 0. The van der Waals surface area contributed by atoms with Gasteiger partial charge >= 0.3 is 130 Å². The first-order valence-electron chi connectivity index (χ1n) is 2.03. The Morgan fingerprint density at radius 2 is 0.733 bits per heavy atom. The van der Waals surface area contributed by atoms with Crippen LogP contribution in [0.3, 0.4) is 0 Å². The molecule has 0 spiro atoms. The molecule has 0 heterocycles. The summed E-state index contributed by atoms with van der Waals surface area (Å²) in [6.07, 6.45) is 0. The maximum Gasteiger partial charge on any atom is 1.00 e. The van der Waals surface area contributed by atoms with E-state index in [0.29, 0.717) is 0 Å². The fraction of sp³-hybridized carbons (Fsp3) is 0. The molecular formula is N4Na2O8Pd. The number of nitro groups is 4. The Balaban J connectivity index is -0.000000720. The summed E-state index contributed by atoms with van der Waals surface area (Å²) in [6, 6.07) is 0. The van der Waals surface area contributed by atoms with Crippen LogP contribution >= 0.6 is 0 Å². The van der Waals surface area contributed by atoms with Gasteiger partial charge in [0.05, 0.1) is 0 Å². The van der Waals surface area contributed by atoms with Crippen LogP contribution < -0.4 is 59.1 Å². The second-order valence-electron chi connectivity index (χ2n) is 1.14. The van der Waals surface area contributed by atoms with Crippen molar-refractivity contribution in [2.75, 3.05) is 0 Å². The monoisotopic (exact) mass is 336 g/mol. The van der Waals surface area contributed by atoms with Crippen LogP contribution in [0.25, 0.3) is 0 Å². The van der Waals surface area contributed by atoms with Crippen LogP contribution in [0.1, 0.15) is 0 Å². The molecule has 0 amide bonds. The summed E-state index contributed by atoms with van der Waals surface area (Å²) in [5.74, 6) is 0. The van der Waals surface area contributed by atoms with Crippen LogP contribution in [0, 0.1) is 40.5 Å². The van der Waals surface area contributed by atoms with Crippen molar-refractivity contribution in [2.24, 2.45) is 0 Å². The van der Waals surface area contributed by atoms with Crippen molar-refractivity contribution in [1.82, 2.24) is 0 Å². The fourth-order valence-electron chi connectivity index (χ4n) is 0.253. The predicted octanol–water partition coefficient (Wildman–Crippen LogP) is -7.08. The molecule has 0 aromatic rings. The SMILES string of the molecule is O=[N+]([O-])[Pd-2]([N+](=O)[O-])([N+](=O)[O-])[N+](=O)[O-].[Na+].[Na+]. The molecule has 15 heteroatoms. The second-order valence-corrected chi connectivity index (χ2v) is 5.28. The molecule has 0 aromatic carbocycles. The molecule has 0 rings (SSSR count). The maximum absolute atomic E-state index is 9.89. The third-order valence-corrected chi connectivity index (χ3v) is 3.67. The topological polar surface area (TPSA) is 173 Å². The van der Waals surface area contributed by atoms with Crippen molar-refractivity contribution in [3.63, 3.8) is 0 Å². The second kappa shape index (κ2) is 7.52. The fourth-order valence-corrected chi connectivity index (χ4v) is 1.50. The summed E-state index contributed by atoms with van der Waals surface area (Å²) < 4.78 is -8.15. The van der Waals surface area contributed by atoms with E-state index in [1.54, 1.807) is 0 Å². The third-order valence-electron chi connectivity index (χ3n) is 0.620. The summed E-state index contributed by atoms with van der Waals surface area (Å²) >= 11 is -6.34. The summed E-state index contributed by atoms with van der Waals surface area (Å²) in [6.45, 7) is 0. The number of nitrogens with zero attached hydrogens (tertiary/aromatic N) is 4. The molecule has 0 radical (unpaired) electrons. The van der Waals surface area contributed by atoms with Crippen LogP contribution in [0.4, 0.5) is 0 Å². The van der Waals surface area contributed by atoms with Gasteiger partial charge in [-0.1, -0.05) is 0 Å². The minimum atomic E-state index is -6.34. The van der Waals surface area contributed by atoms with Gasteiger partial charge in [-0.25, -0.2) is 0 Å². The largest absolute Gasteiger partial charge is 1.00 e. The number of hydrogen-bond donors (Lipinski definition) is 0. The quantitative estimate of drug-likeness (QED) is 0.276. The van der Waals surface area contributed by atoms with E-state index in [0.717, 1.165) is 0 Å². The summed E-state index contributed by atoms with van der Waals surface area (Å²) in [4.78, 5) is 39.6. The number of rotatable bonds is 4. The first-order chi connectivity index (χ1) is 5.77. The maximum atomic E-state index is 9.89. The molecule has 0 fully saturated rings. The van der Waals surface area contributed by atoms with Crippen molar-refractivity contribution in [3.05, 3.63) is 40.5 Å². The van der Waals surface area contributed by atoms with E-state index in [9.17, 15) is 40.5 Å². The zero-order valence-electron chi connectivity index (χ0n) is 7.37. The van der Waals surface area contributed by atoms with Crippen molar-refractivity contribution in [3.8, 4) is 0 Å². The zero-order chi connectivity index (χ0) is 10.8. The van der Waals surface area contributed by atoms with Gasteiger partial charge in [-0.05, 0) is 0 Å². The molecule has 0 unspecified atom stereocenters. The molecule has 0 aliphatic carbocycles. The van der Waals surface area contributed by atoms with Crippen molar-refractivity contribution >= 4 is 0 Å². The molecule has 0 saturated carbocycles. The molecule has 80 valence electrons. The Morgan fingerprint density at radius 3 is 0.733 bits per heavy atom. The average Bonchev–Trinajstić information content (AvgIpc) is 1.82. The molecule has 0 aliphatic rings. The van der Waals surface area contributed by atoms with Crippen molar-refractivity contribution in [2.45, 2.75) is 0 Å². The van der Waals surface area contributed by atoms with Crippen LogP contribution in [0.5, 0.6) is 0 Å². The van der Waals surface area contributed by atoms with Gasteiger partial charge < -0.3 is 0 Å². The normalized spacial score (nSPS) is 10.1. The van der Waals surface area contributed by atoms with E-state index in [1.165, 1.54) is 0 Å². The molecule has 0 atom stereocenters. The van der Waals surface area contributed by atoms with E-state index in [1.807, 2.05) is 0 Å². The standard InChI is InChI=1S/4NO2.2Na.Pd/c4*2-1-3;;;/q;;;;2*+1;-2. The minimum Gasteiger partial charge on any atom is 1.00 e. The molecule has 0 aliphatic heterocycles. The van der Waals surface area contributed by atoms with Gasteiger partial charge in [-0.2, -0.15) is 0 Å². The molecule has 0 saturated heterocycles. The predicted molar refractivity (Wildman–Crippen MR) is 28.0 cm³/mol. The third kappa shape index (κ3) is 3.64. The molecule has 0 aromatic heterocycles. The zero-order valence-corrected chi connectivity index (χ0v) is 12.9. The van der Waals surface area contributed by atoms with Gasteiger partial charge in [0, 0.05) is 0 Å². The van der Waals surface area contributed by atoms with E-state index >= 15 is 0 Å². The van der Waals surface area contributed by atoms with Crippen LogP contribution in [0.15, 0.2) is 0 Å². The molecule has 0 bridgehead atoms. The van der Waals surface area contributed by atoms with Crippen molar-refractivity contribution < 1.29 is 89.9 Å². The summed E-state index contributed by atoms with van der Waals surface area (Å²) in [5, 5.41) is 39.6. The number of hydrogen-bond acceptors (Lipinski definition) is 8. The van der Waals surface area contributed by atoms with Crippen LogP contribution in [-0.2, 0) is 16.5 Å². The van der Waals surface area contributed by atoms with Crippen LogP contribution in [-0.4, -0.2) is 14.2 Å². The Labute approximate surface area is 129 Å².